The van der Waals surface area contributed by atoms with Crippen molar-refractivity contribution < 1.29 is 17.9 Å². The zero-order valence-corrected chi connectivity index (χ0v) is 17.4. The van der Waals surface area contributed by atoms with Gasteiger partial charge in [-0.1, -0.05) is 17.7 Å². The van der Waals surface area contributed by atoms with Gasteiger partial charge < -0.3 is 5.11 Å². The predicted octanol–water partition coefficient (Wildman–Crippen LogP) is 3.20. The van der Waals surface area contributed by atoms with E-state index in [1.165, 1.54) is 36.4 Å². The maximum atomic E-state index is 13.4. The molecule has 0 saturated carbocycles. The van der Waals surface area contributed by atoms with E-state index in [0.717, 1.165) is 21.3 Å². The molecule has 1 heterocycles. The molecule has 0 aliphatic heterocycles. The molecule has 6 nitrogen and oxygen atoms in total. The Bertz CT molecular complexity index is 1080. The molecule has 0 bridgehead atoms. The SMILES string of the molecule is Cc1ccc(S(=O)(=O)N(C[C@@H](O)Cn2nc(C)cc2C)c2ccc(F)cc2)cc1. The highest BCUT2D eigenvalue weighted by Crippen LogP contribution is 2.25. The van der Waals surface area contributed by atoms with Crippen LogP contribution >= 0.6 is 0 Å². The Kier molecular flexibility index (Phi) is 6.04. The van der Waals surface area contributed by atoms with Crippen molar-refractivity contribution in [2.45, 2.75) is 38.3 Å². The molecule has 29 heavy (non-hydrogen) atoms. The zero-order valence-electron chi connectivity index (χ0n) is 16.6. The van der Waals surface area contributed by atoms with Gasteiger partial charge in [-0.3, -0.25) is 8.99 Å². The van der Waals surface area contributed by atoms with Crippen molar-refractivity contribution in [2.75, 3.05) is 10.8 Å². The van der Waals surface area contributed by atoms with Crippen molar-refractivity contribution in [1.82, 2.24) is 9.78 Å². The third-order valence-electron chi connectivity index (χ3n) is 4.59. The molecule has 0 amide bonds. The fourth-order valence-electron chi connectivity index (χ4n) is 3.10. The third kappa shape index (κ3) is 4.83. The Morgan fingerprint density at radius 1 is 1.07 bits per heavy atom. The lowest BCUT2D eigenvalue weighted by molar-refractivity contribution is 0.157. The topological polar surface area (TPSA) is 75.4 Å². The summed E-state index contributed by atoms with van der Waals surface area (Å²) in [6.45, 7) is 5.53. The maximum Gasteiger partial charge on any atom is 0.264 e. The quantitative estimate of drug-likeness (QED) is 0.641. The van der Waals surface area contributed by atoms with E-state index < -0.39 is 21.9 Å². The first kappa shape index (κ1) is 21.0. The Labute approximate surface area is 170 Å². The Morgan fingerprint density at radius 3 is 2.24 bits per heavy atom. The number of aryl methyl sites for hydroxylation is 3. The van der Waals surface area contributed by atoms with Gasteiger partial charge in [-0.05, 0) is 63.2 Å². The van der Waals surface area contributed by atoms with E-state index in [1.54, 1.807) is 16.8 Å². The van der Waals surface area contributed by atoms with Gasteiger partial charge in [0.25, 0.3) is 10.0 Å². The molecule has 0 fully saturated rings. The molecule has 2 aromatic carbocycles. The first-order valence-corrected chi connectivity index (χ1v) is 10.6. The average molecular weight is 418 g/mol. The van der Waals surface area contributed by atoms with Gasteiger partial charge in [0, 0.05) is 5.69 Å². The van der Waals surface area contributed by atoms with E-state index in [2.05, 4.69) is 5.10 Å². The van der Waals surface area contributed by atoms with Gasteiger partial charge in [0.15, 0.2) is 0 Å². The molecule has 0 aliphatic carbocycles. The largest absolute Gasteiger partial charge is 0.389 e. The van der Waals surface area contributed by atoms with Crippen LogP contribution in [0.15, 0.2) is 59.5 Å². The molecular weight excluding hydrogens is 393 g/mol. The van der Waals surface area contributed by atoms with E-state index in [1.807, 2.05) is 26.8 Å². The summed E-state index contributed by atoms with van der Waals surface area (Å²) in [4.78, 5) is 0.103. The fraction of sp³-hybridized carbons (Fsp3) is 0.286. The normalized spacial score (nSPS) is 12.7. The number of nitrogens with zero attached hydrogens (tertiary/aromatic N) is 3. The highest BCUT2D eigenvalue weighted by molar-refractivity contribution is 7.92. The standard InChI is InChI=1S/C21H24FN3O3S/c1-15-4-10-21(11-5-15)29(27,28)25(19-8-6-18(22)7-9-19)14-20(26)13-24-17(3)12-16(2)23-24/h4-12,20,26H,13-14H2,1-3H3/t20-/m0/s1. The summed E-state index contributed by atoms with van der Waals surface area (Å²) in [7, 11) is -3.95. The molecule has 154 valence electrons. The lowest BCUT2D eigenvalue weighted by Gasteiger charge is -2.27. The van der Waals surface area contributed by atoms with Crippen molar-refractivity contribution in [2.24, 2.45) is 0 Å². The van der Waals surface area contributed by atoms with E-state index in [0.29, 0.717) is 0 Å². The van der Waals surface area contributed by atoms with Crippen LogP contribution in [0.3, 0.4) is 0 Å². The molecule has 1 aromatic heterocycles. The summed E-state index contributed by atoms with van der Waals surface area (Å²) in [5.74, 6) is -0.468. The van der Waals surface area contributed by atoms with Crippen LogP contribution in [0.1, 0.15) is 17.0 Å². The number of hydrogen-bond donors (Lipinski definition) is 1. The number of aliphatic hydroxyl groups excluding tert-OH is 1. The molecular formula is C21H24FN3O3S. The molecule has 3 rings (SSSR count). The van der Waals surface area contributed by atoms with E-state index in [4.69, 9.17) is 0 Å². The minimum absolute atomic E-state index is 0.103. The second-order valence-corrected chi connectivity index (χ2v) is 8.95. The summed E-state index contributed by atoms with van der Waals surface area (Å²) in [6, 6.07) is 13.5. The second kappa shape index (κ2) is 8.34. The number of benzene rings is 2. The summed E-state index contributed by atoms with van der Waals surface area (Å²) < 4.78 is 42.7. The Hall–Kier alpha value is -2.71. The first-order valence-electron chi connectivity index (χ1n) is 9.21. The summed E-state index contributed by atoms with van der Waals surface area (Å²) >= 11 is 0. The van der Waals surface area contributed by atoms with E-state index in [-0.39, 0.29) is 23.7 Å². The summed E-state index contributed by atoms with van der Waals surface area (Å²) in [5, 5.41) is 14.9. The lowest BCUT2D eigenvalue weighted by Crippen LogP contribution is -2.39. The zero-order chi connectivity index (χ0) is 21.2. The predicted molar refractivity (Wildman–Crippen MR) is 110 cm³/mol. The van der Waals surface area contributed by atoms with Crippen molar-refractivity contribution in [3.05, 3.63) is 77.4 Å². The van der Waals surface area contributed by atoms with E-state index in [9.17, 15) is 17.9 Å². The maximum absolute atomic E-state index is 13.4. The Balaban J connectivity index is 1.93. The van der Waals surface area contributed by atoms with Gasteiger partial charge in [-0.2, -0.15) is 5.10 Å². The molecule has 1 atom stereocenters. The molecule has 0 unspecified atom stereocenters. The molecule has 8 heteroatoms. The van der Waals surface area contributed by atoms with Gasteiger partial charge in [0.05, 0.1) is 35.5 Å². The van der Waals surface area contributed by atoms with Crippen LogP contribution in [0, 0.1) is 26.6 Å². The number of anilines is 1. The molecule has 1 N–H and O–H groups in total. The Morgan fingerprint density at radius 2 is 1.69 bits per heavy atom. The lowest BCUT2D eigenvalue weighted by atomic mass is 10.2. The van der Waals surface area contributed by atoms with Gasteiger partial charge in [0.2, 0.25) is 0 Å². The third-order valence-corrected chi connectivity index (χ3v) is 6.40. The van der Waals surface area contributed by atoms with Crippen LogP contribution in [0.25, 0.3) is 0 Å². The van der Waals surface area contributed by atoms with Crippen molar-refractivity contribution in [3.8, 4) is 0 Å². The number of halogens is 1. The van der Waals surface area contributed by atoms with Crippen LogP contribution in [-0.2, 0) is 16.6 Å². The van der Waals surface area contributed by atoms with Crippen LogP contribution in [0.4, 0.5) is 10.1 Å². The van der Waals surface area contributed by atoms with Crippen LogP contribution in [0.5, 0.6) is 0 Å². The van der Waals surface area contributed by atoms with Crippen LogP contribution in [-0.4, -0.2) is 36.0 Å². The minimum atomic E-state index is -3.95. The van der Waals surface area contributed by atoms with Crippen LogP contribution < -0.4 is 4.31 Å². The number of rotatable bonds is 7. The first-order chi connectivity index (χ1) is 13.7. The van der Waals surface area contributed by atoms with Crippen LogP contribution in [0.2, 0.25) is 0 Å². The number of hydrogen-bond acceptors (Lipinski definition) is 4. The van der Waals surface area contributed by atoms with Gasteiger partial charge in [-0.25, -0.2) is 12.8 Å². The molecule has 0 radical (unpaired) electrons. The number of aliphatic hydroxyl groups is 1. The molecule has 0 aliphatic rings. The highest BCUT2D eigenvalue weighted by atomic mass is 32.2. The number of aromatic nitrogens is 2. The minimum Gasteiger partial charge on any atom is -0.389 e. The number of sulfonamides is 1. The summed E-state index contributed by atoms with van der Waals surface area (Å²) in [6.07, 6.45) is -1.02. The van der Waals surface area contributed by atoms with Gasteiger partial charge in [0.1, 0.15) is 5.82 Å². The molecule has 0 spiro atoms. The molecule has 0 saturated heterocycles. The van der Waals surface area contributed by atoms with Gasteiger partial charge >= 0.3 is 0 Å². The van der Waals surface area contributed by atoms with Gasteiger partial charge in [-0.15, -0.1) is 0 Å². The van der Waals surface area contributed by atoms with Crippen molar-refractivity contribution >= 4 is 15.7 Å². The second-order valence-electron chi connectivity index (χ2n) is 7.09. The monoisotopic (exact) mass is 417 g/mol. The molecule has 3 aromatic rings. The summed E-state index contributed by atoms with van der Waals surface area (Å²) in [5.41, 5.74) is 2.90. The fourth-order valence-corrected chi connectivity index (χ4v) is 4.60. The highest BCUT2D eigenvalue weighted by Gasteiger charge is 2.27. The van der Waals surface area contributed by atoms with Crippen molar-refractivity contribution in [3.63, 3.8) is 0 Å². The van der Waals surface area contributed by atoms with E-state index >= 15 is 0 Å². The average Bonchev–Trinajstić information content (AvgIpc) is 2.97. The van der Waals surface area contributed by atoms with Crippen molar-refractivity contribution in [1.29, 1.82) is 0 Å². The smallest absolute Gasteiger partial charge is 0.264 e.